The highest BCUT2D eigenvalue weighted by Crippen LogP contribution is 2.19. The molecule has 28 heavy (non-hydrogen) atoms. The van der Waals surface area contributed by atoms with Crippen LogP contribution in [0.4, 0.5) is 10.5 Å². The molecule has 0 unspecified atom stereocenters. The molecule has 0 aliphatic carbocycles. The van der Waals surface area contributed by atoms with Crippen LogP contribution < -0.4 is 15.5 Å². The third-order valence-electron chi connectivity index (χ3n) is 4.71. The molecule has 3 amide bonds. The molecule has 7 nitrogen and oxygen atoms in total. The molecule has 0 spiro atoms. The van der Waals surface area contributed by atoms with Crippen LogP contribution in [-0.2, 0) is 11.3 Å². The molecule has 2 heterocycles. The second kappa shape index (κ2) is 9.41. The Morgan fingerprint density at radius 2 is 1.71 bits per heavy atom. The Kier molecular flexibility index (Phi) is 6.71. The fraction of sp³-hybridized carbons (Fsp3) is 0.350. The second-order valence-electron chi connectivity index (χ2n) is 6.69. The summed E-state index contributed by atoms with van der Waals surface area (Å²) in [5.74, 6) is -0.218. The van der Waals surface area contributed by atoms with Crippen molar-refractivity contribution in [3.05, 3.63) is 59.4 Å². The van der Waals surface area contributed by atoms with Gasteiger partial charge in [0.2, 0.25) is 5.91 Å². The monoisotopic (exact) mass is 401 g/mol. The molecule has 1 aliphatic rings. The summed E-state index contributed by atoms with van der Waals surface area (Å²) in [7, 11) is 0. The molecule has 1 aromatic heterocycles. The van der Waals surface area contributed by atoms with E-state index in [0.29, 0.717) is 24.7 Å². The van der Waals surface area contributed by atoms with Crippen molar-refractivity contribution < 1.29 is 9.59 Å². The van der Waals surface area contributed by atoms with E-state index in [1.165, 1.54) is 0 Å². The van der Waals surface area contributed by atoms with E-state index in [2.05, 4.69) is 20.5 Å². The summed E-state index contributed by atoms with van der Waals surface area (Å²) in [6.07, 6.45) is 3.35. The minimum Gasteiger partial charge on any atom is -0.368 e. The number of rotatable bonds is 5. The Morgan fingerprint density at radius 3 is 2.36 bits per heavy atom. The van der Waals surface area contributed by atoms with Gasteiger partial charge in [-0.25, -0.2) is 4.79 Å². The van der Waals surface area contributed by atoms with Gasteiger partial charge < -0.3 is 20.4 Å². The lowest BCUT2D eigenvalue weighted by Gasteiger charge is -2.36. The molecule has 1 aliphatic heterocycles. The third-order valence-corrected chi connectivity index (χ3v) is 4.96. The molecule has 1 saturated heterocycles. The number of halogens is 1. The second-order valence-corrected chi connectivity index (χ2v) is 7.13. The van der Waals surface area contributed by atoms with Crippen LogP contribution in [0.15, 0.2) is 48.8 Å². The topological polar surface area (TPSA) is 77.6 Å². The number of benzene rings is 1. The number of urea groups is 1. The smallest absolute Gasteiger partial charge is 0.318 e. The van der Waals surface area contributed by atoms with Crippen LogP contribution >= 0.6 is 11.6 Å². The van der Waals surface area contributed by atoms with Gasteiger partial charge in [-0.2, -0.15) is 0 Å². The summed E-state index contributed by atoms with van der Waals surface area (Å²) < 4.78 is 0. The first-order valence-electron chi connectivity index (χ1n) is 9.25. The van der Waals surface area contributed by atoms with Crippen LogP contribution in [0.25, 0.3) is 0 Å². The van der Waals surface area contributed by atoms with Gasteiger partial charge in [0.1, 0.15) is 6.04 Å². The van der Waals surface area contributed by atoms with E-state index in [9.17, 15) is 9.59 Å². The number of aromatic nitrogens is 1. The normalized spacial score (nSPS) is 15.1. The van der Waals surface area contributed by atoms with Crippen LogP contribution in [0.3, 0.4) is 0 Å². The van der Waals surface area contributed by atoms with E-state index in [1.807, 2.05) is 36.4 Å². The van der Waals surface area contributed by atoms with Crippen molar-refractivity contribution in [3.8, 4) is 0 Å². The average molecular weight is 402 g/mol. The van der Waals surface area contributed by atoms with E-state index in [0.717, 1.165) is 24.3 Å². The zero-order valence-corrected chi connectivity index (χ0v) is 16.5. The van der Waals surface area contributed by atoms with Crippen molar-refractivity contribution in [3.63, 3.8) is 0 Å². The Labute approximate surface area is 169 Å². The summed E-state index contributed by atoms with van der Waals surface area (Å²) >= 11 is 5.93. The standard InChI is InChI=1S/C20H24ClN5O2/c1-15(19(27)23-14-16-6-8-22-9-7-16)24-20(28)26-12-10-25(11-13-26)18-4-2-17(21)3-5-18/h2-9,15H,10-14H2,1H3,(H,23,27)(H,24,28)/t15-/m0/s1. The summed E-state index contributed by atoms with van der Waals surface area (Å²) in [6.45, 7) is 4.75. The third kappa shape index (κ3) is 5.36. The predicted octanol–water partition coefficient (Wildman–Crippen LogP) is 2.27. The number of hydrogen-bond donors (Lipinski definition) is 2. The number of pyridine rings is 1. The van der Waals surface area contributed by atoms with Crippen LogP contribution in [-0.4, -0.2) is 54.0 Å². The summed E-state index contributed by atoms with van der Waals surface area (Å²) in [4.78, 5) is 32.6. The number of carbonyl (C=O) groups excluding carboxylic acids is 2. The Balaban J connectivity index is 1.43. The van der Waals surface area contributed by atoms with Crippen molar-refractivity contribution >= 4 is 29.2 Å². The quantitative estimate of drug-likeness (QED) is 0.805. The van der Waals surface area contributed by atoms with Gasteiger partial charge in [-0.3, -0.25) is 9.78 Å². The average Bonchev–Trinajstić information content (AvgIpc) is 2.73. The fourth-order valence-electron chi connectivity index (χ4n) is 3.00. The molecule has 1 aromatic carbocycles. The lowest BCUT2D eigenvalue weighted by Crippen LogP contribution is -2.55. The van der Waals surface area contributed by atoms with E-state index in [1.54, 1.807) is 24.2 Å². The van der Waals surface area contributed by atoms with Crippen LogP contribution in [0.2, 0.25) is 5.02 Å². The lowest BCUT2D eigenvalue weighted by molar-refractivity contribution is -0.122. The first-order chi connectivity index (χ1) is 13.5. The first-order valence-corrected chi connectivity index (χ1v) is 9.63. The zero-order valence-electron chi connectivity index (χ0n) is 15.8. The van der Waals surface area contributed by atoms with Crippen molar-refractivity contribution in [2.75, 3.05) is 31.1 Å². The molecule has 0 radical (unpaired) electrons. The lowest BCUT2D eigenvalue weighted by atomic mass is 10.2. The number of carbonyl (C=O) groups is 2. The fourth-order valence-corrected chi connectivity index (χ4v) is 3.13. The van der Waals surface area contributed by atoms with E-state index < -0.39 is 6.04 Å². The molecule has 2 N–H and O–H groups in total. The SMILES string of the molecule is C[C@H](NC(=O)N1CCN(c2ccc(Cl)cc2)CC1)C(=O)NCc1ccncc1. The van der Waals surface area contributed by atoms with Crippen LogP contribution in [0.5, 0.6) is 0 Å². The maximum Gasteiger partial charge on any atom is 0.318 e. The molecular formula is C20H24ClN5O2. The van der Waals surface area contributed by atoms with Gasteiger partial charge in [-0.15, -0.1) is 0 Å². The highest BCUT2D eigenvalue weighted by molar-refractivity contribution is 6.30. The number of hydrogen-bond acceptors (Lipinski definition) is 4. The van der Waals surface area contributed by atoms with Gasteiger partial charge in [0.25, 0.3) is 0 Å². The molecule has 3 rings (SSSR count). The molecule has 2 aromatic rings. The summed E-state index contributed by atoms with van der Waals surface area (Å²) in [5.41, 5.74) is 2.05. The van der Waals surface area contributed by atoms with Crippen LogP contribution in [0.1, 0.15) is 12.5 Å². The maximum absolute atomic E-state index is 12.5. The molecule has 8 heteroatoms. The van der Waals surface area contributed by atoms with Gasteiger partial charge in [0.05, 0.1) is 0 Å². The van der Waals surface area contributed by atoms with E-state index in [4.69, 9.17) is 11.6 Å². The van der Waals surface area contributed by atoms with E-state index >= 15 is 0 Å². The molecular weight excluding hydrogens is 378 g/mol. The minimum absolute atomic E-state index is 0.218. The summed E-state index contributed by atoms with van der Waals surface area (Å²) in [5, 5.41) is 6.30. The summed E-state index contributed by atoms with van der Waals surface area (Å²) in [6, 6.07) is 10.5. The number of amides is 3. The number of nitrogens with zero attached hydrogens (tertiary/aromatic N) is 3. The Hall–Kier alpha value is -2.80. The maximum atomic E-state index is 12.5. The molecule has 148 valence electrons. The largest absolute Gasteiger partial charge is 0.368 e. The minimum atomic E-state index is -0.608. The van der Waals surface area contributed by atoms with Crippen LogP contribution in [0, 0.1) is 0 Å². The number of anilines is 1. The van der Waals surface area contributed by atoms with Gasteiger partial charge in [-0.05, 0) is 48.9 Å². The predicted molar refractivity (Wildman–Crippen MR) is 109 cm³/mol. The molecule has 0 bridgehead atoms. The van der Waals surface area contributed by atoms with Crippen molar-refractivity contribution in [2.24, 2.45) is 0 Å². The van der Waals surface area contributed by atoms with Gasteiger partial charge in [0, 0.05) is 55.8 Å². The van der Waals surface area contributed by atoms with E-state index in [-0.39, 0.29) is 11.9 Å². The Morgan fingerprint density at radius 1 is 1.07 bits per heavy atom. The highest BCUT2D eigenvalue weighted by atomic mass is 35.5. The Bertz CT molecular complexity index is 792. The first kappa shape index (κ1) is 19.9. The van der Waals surface area contributed by atoms with Gasteiger partial charge in [0.15, 0.2) is 0 Å². The number of piperazine rings is 1. The van der Waals surface area contributed by atoms with Gasteiger partial charge in [-0.1, -0.05) is 11.6 Å². The number of nitrogens with one attached hydrogen (secondary N) is 2. The molecule has 0 saturated carbocycles. The molecule has 1 atom stereocenters. The molecule has 1 fully saturated rings. The highest BCUT2D eigenvalue weighted by Gasteiger charge is 2.24. The van der Waals surface area contributed by atoms with Gasteiger partial charge >= 0.3 is 6.03 Å². The van der Waals surface area contributed by atoms with Crippen molar-refractivity contribution in [2.45, 2.75) is 19.5 Å². The van der Waals surface area contributed by atoms with Crippen molar-refractivity contribution in [1.82, 2.24) is 20.5 Å². The zero-order chi connectivity index (χ0) is 19.9. The van der Waals surface area contributed by atoms with Crippen molar-refractivity contribution in [1.29, 1.82) is 0 Å².